The van der Waals surface area contributed by atoms with E-state index in [9.17, 15) is 4.79 Å². The van der Waals surface area contributed by atoms with Crippen molar-refractivity contribution in [1.82, 2.24) is 5.32 Å². The van der Waals surface area contributed by atoms with Gasteiger partial charge in [-0.15, -0.1) is 0 Å². The zero-order valence-electron chi connectivity index (χ0n) is 10.8. The third-order valence-corrected chi connectivity index (χ3v) is 2.73. The molecule has 0 heterocycles. The van der Waals surface area contributed by atoms with Gasteiger partial charge >= 0.3 is 0 Å². The first-order valence-corrected chi connectivity index (χ1v) is 5.88. The van der Waals surface area contributed by atoms with Crippen LogP contribution in [0.3, 0.4) is 0 Å². The second-order valence-corrected chi connectivity index (χ2v) is 5.28. The standard InChI is InChI=1S/C12H25NO3/c1-5-6-10(12(2,3)4)11(16)13-9(7-14)8-15/h9-10,14-15H,5-8H2,1-4H3,(H,13,16). The molecule has 4 nitrogen and oxygen atoms in total. The fourth-order valence-corrected chi connectivity index (χ4v) is 1.70. The number of carbonyl (C=O) groups excluding carboxylic acids is 1. The molecule has 16 heavy (non-hydrogen) atoms. The van der Waals surface area contributed by atoms with Gasteiger partial charge in [0.15, 0.2) is 0 Å². The fraction of sp³-hybridized carbons (Fsp3) is 0.917. The highest BCUT2D eigenvalue weighted by Crippen LogP contribution is 2.29. The van der Waals surface area contributed by atoms with Gasteiger partial charge < -0.3 is 15.5 Å². The molecule has 0 spiro atoms. The summed E-state index contributed by atoms with van der Waals surface area (Å²) in [4.78, 5) is 12.0. The van der Waals surface area contributed by atoms with E-state index in [4.69, 9.17) is 10.2 Å². The number of rotatable bonds is 6. The molecule has 0 rings (SSSR count). The molecule has 0 bridgehead atoms. The number of amides is 1. The van der Waals surface area contributed by atoms with E-state index in [1.165, 1.54) is 0 Å². The Hall–Kier alpha value is -0.610. The van der Waals surface area contributed by atoms with Crippen LogP contribution in [-0.4, -0.2) is 35.4 Å². The number of aliphatic hydroxyl groups excluding tert-OH is 2. The van der Waals surface area contributed by atoms with Crippen molar-refractivity contribution in [2.24, 2.45) is 11.3 Å². The molecule has 1 amide bonds. The number of nitrogens with one attached hydrogen (secondary N) is 1. The van der Waals surface area contributed by atoms with Gasteiger partial charge in [-0.25, -0.2) is 0 Å². The van der Waals surface area contributed by atoms with Crippen LogP contribution in [0.2, 0.25) is 0 Å². The normalized spacial score (nSPS) is 13.9. The van der Waals surface area contributed by atoms with Gasteiger partial charge in [0.2, 0.25) is 5.91 Å². The molecule has 0 fully saturated rings. The van der Waals surface area contributed by atoms with Gasteiger partial charge in [0.25, 0.3) is 0 Å². The van der Waals surface area contributed by atoms with E-state index < -0.39 is 6.04 Å². The van der Waals surface area contributed by atoms with E-state index in [-0.39, 0.29) is 30.5 Å². The van der Waals surface area contributed by atoms with Crippen molar-refractivity contribution in [3.63, 3.8) is 0 Å². The minimum Gasteiger partial charge on any atom is -0.394 e. The van der Waals surface area contributed by atoms with Crippen LogP contribution < -0.4 is 5.32 Å². The molecule has 0 radical (unpaired) electrons. The lowest BCUT2D eigenvalue weighted by molar-refractivity contribution is -0.130. The quantitative estimate of drug-likeness (QED) is 0.636. The van der Waals surface area contributed by atoms with Gasteiger partial charge in [0.05, 0.1) is 19.3 Å². The van der Waals surface area contributed by atoms with Gasteiger partial charge in [-0.3, -0.25) is 4.79 Å². The zero-order chi connectivity index (χ0) is 12.8. The monoisotopic (exact) mass is 231 g/mol. The maximum Gasteiger partial charge on any atom is 0.224 e. The van der Waals surface area contributed by atoms with Crippen LogP contribution in [0.15, 0.2) is 0 Å². The molecule has 0 saturated carbocycles. The highest BCUT2D eigenvalue weighted by Gasteiger charge is 2.31. The lowest BCUT2D eigenvalue weighted by Crippen LogP contribution is -2.46. The third kappa shape index (κ3) is 4.94. The molecular weight excluding hydrogens is 206 g/mol. The summed E-state index contributed by atoms with van der Waals surface area (Å²) in [5.41, 5.74) is -0.102. The summed E-state index contributed by atoms with van der Waals surface area (Å²) in [6.07, 6.45) is 1.76. The molecule has 0 saturated heterocycles. The predicted octanol–water partition coefficient (Wildman–Crippen LogP) is 0.918. The third-order valence-electron chi connectivity index (χ3n) is 2.73. The Morgan fingerprint density at radius 1 is 1.25 bits per heavy atom. The number of hydrogen-bond acceptors (Lipinski definition) is 3. The van der Waals surface area contributed by atoms with E-state index >= 15 is 0 Å². The highest BCUT2D eigenvalue weighted by atomic mass is 16.3. The largest absolute Gasteiger partial charge is 0.394 e. The molecule has 0 aromatic heterocycles. The summed E-state index contributed by atoms with van der Waals surface area (Å²) in [6, 6.07) is -0.547. The zero-order valence-corrected chi connectivity index (χ0v) is 10.8. The summed E-state index contributed by atoms with van der Waals surface area (Å²) in [5.74, 6) is -0.166. The van der Waals surface area contributed by atoms with Crippen LogP contribution >= 0.6 is 0 Å². The predicted molar refractivity (Wildman–Crippen MR) is 64.0 cm³/mol. The van der Waals surface area contributed by atoms with Crippen molar-refractivity contribution in [2.75, 3.05) is 13.2 Å². The molecule has 1 atom stereocenters. The number of aliphatic hydroxyl groups is 2. The molecule has 1 unspecified atom stereocenters. The smallest absolute Gasteiger partial charge is 0.224 e. The van der Waals surface area contributed by atoms with E-state index in [0.717, 1.165) is 12.8 Å². The van der Waals surface area contributed by atoms with E-state index in [1.807, 2.05) is 27.7 Å². The molecule has 4 heteroatoms. The molecule has 0 aliphatic carbocycles. The first-order chi connectivity index (χ1) is 7.36. The van der Waals surface area contributed by atoms with Crippen LogP contribution in [-0.2, 0) is 4.79 Å². The Bertz CT molecular complexity index is 207. The average Bonchev–Trinajstić information content (AvgIpc) is 2.20. The SMILES string of the molecule is CCCC(C(=O)NC(CO)CO)C(C)(C)C. The van der Waals surface area contributed by atoms with Gasteiger partial charge in [0.1, 0.15) is 0 Å². The van der Waals surface area contributed by atoms with Crippen molar-refractivity contribution in [2.45, 2.75) is 46.6 Å². The summed E-state index contributed by atoms with van der Waals surface area (Å²) >= 11 is 0. The maximum absolute atomic E-state index is 12.0. The van der Waals surface area contributed by atoms with Crippen molar-refractivity contribution in [3.8, 4) is 0 Å². The Kier molecular flexibility index (Phi) is 6.60. The molecule has 96 valence electrons. The van der Waals surface area contributed by atoms with Crippen molar-refractivity contribution < 1.29 is 15.0 Å². The topological polar surface area (TPSA) is 69.6 Å². The lowest BCUT2D eigenvalue weighted by Gasteiger charge is -2.30. The number of hydrogen-bond donors (Lipinski definition) is 3. The van der Waals surface area contributed by atoms with Gasteiger partial charge in [0, 0.05) is 5.92 Å². The summed E-state index contributed by atoms with van der Waals surface area (Å²) in [7, 11) is 0. The van der Waals surface area contributed by atoms with Crippen molar-refractivity contribution in [1.29, 1.82) is 0 Å². The lowest BCUT2D eigenvalue weighted by atomic mass is 9.77. The molecule has 0 aliphatic heterocycles. The summed E-state index contributed by atoms with van der Waals surface area (Å²) in [5, 5.41) is 20.5. The second kappa shape index (κ2) is 6.86. The van der Waals surface area contributed by atoms with Crippen LogP contribution in [0.25, 0.3) is 0 Å². The molecular formula is C12H25NO3. The Morgan fingerprint density at radius 2 is 1.75 bits per heavy atom. The van der Waals surface area contributed by atoms with Crippen molar-refractivity contribution in [3.05, 3.63) is 0 Å². The van der Waals surface area contributed by atoms with Crippen LogP contribution in [0.4, 0.5) is 0 Å². The minimum absolute atomic E-state index is 0.0811. The Balaban J connectivity index is 4.50. The van der Waals surface area contributed by atoms with Crippen molar-refractivity contribution >= 4 is 5.91 Å². The number of carbonyl (C=O) groups is 1. The molecule has 0 aromatic carbocycles. The van der Waals surface area contributed by atoms with E-state index in [0.29, 0.717) is 0 Å². The molecule has 0 aromatic rings. The highest BCUT2D eigenvalue weighted by molar-refractivity contribution is 5.79. The van der Waals surface area contributed by atoms with Crippen LogP contribution in [0.1, 0.15) is 40.5 Å². The minimum atomic E-state index is -0.547. The Labute approximate surface area is 98.1 Å². The molecule has 3 N–H and O–H groups in total. The molecule has 0 aliphatic rings. The fourth-order valence-electron chi connectivity index (χ4n) is 1.70. The van der Waals surface area contributed by atoms with Crippen LogP contribution in [0, 0.1) is 11.3 Å². The van der Waals surface area contributed by atoms with Gasteiger partial charge in [-0.2, -0.15) is 0 Å². The van der Waals surface area contributed by atoms with E-state index in [1.54, 1.807) is 0 Å². The Morgan fingerprint density at radius 3 is 2.06 bits per heavy atom. The van der Waals surface area contributed by atoms with Crippen LogP contribution in [0.5, 0.6) is 0 Å². The second-order valence-electron chi connectivity index (χ2n) is 5.28. The first-order valence-electron chi connectivity index (χ1n) is 5.88. The average molecular weight is 231 g/mol. The maximum atomic E-state index is 12.0. The van der Waals surface area contributed by atoms with Gasteiger partial charge in [-0.1, -0.05) is 34.1 Å². The summed E-state index contributed by atoms with van der Waals surface area (Å²) in [6.45, 7) is 7.66. The first kappa shape index (κ1) is 15.4. The summed E-state index contributed by atoms with van der Waals surface area (Å²) < 4.78 is 0. The van der Waals surface area contributed by atoms with Gasteiger partial charge in [-0.05, 0) is 11.8 Å². The van der Waals surface area contributed by atoms with E-state index in [2.05, 4.69) is 5.32 Å².